The first-order valence-electron chi connectivity index (χ1n) is 12.7. The van der Waals surface area contributed by atoms with Gasteiger partial charge in [-0.25, -0.2) is 0 Å². The molecule has 1 aliphatic rings. The Morgan fingerprint density at radius 1 is 0.700 bits per heavy atom. The first-order valence-corrected chi connectivity index (χ1v) is 12.7. The van der Waals surface area contributed by atoms with E-state index in [0.717, 1.165) is 63.2 Å². The second-order valence-electron chi connectivity index (χ2n) is 10.3. The number of carbonyl (C=O) groups is 2. The van der Waals surface area contributed by atoms with Crippen LogP contribution in [0.3, 0.4) is 0 Å². The summed E-state index contributed by atoms with van der Waals surface area (Å²) < 4.78 is 11.1. The number of ether oxygens (including phenoxy) is 2. The Balaban J connectivity index is 2.08. The monoisotopic (exact) mass is 424 g/mol. The first-order chi connectivity index (χ1) is 14.4. The second-order valence-corrected chi connectivity index (χ2v) is 10.3. The van der Waals surface area contributed by atoms with E-state index in [9.17, 15) is 9.59 Å². The van der Waals surface area contributed by atoms with Crippen LogP contribution in [0.4, 0.5) is 0 Å². The summed E-state index contributed by atoms with van der Waals surface area (Å²) in [6, 6.07) is 0. The number of carbonyl (C=O) groups excluding carboxylic acids is 2. The molecular formula is C26H48O4. The Bertz CT molecular complexity index is 418. The van der Waals surface area contributed by atoms with Gasteiger partial charge in [0.25, 0.3) is 0 Å². The average Bonchev–Trinajstić information content (AvgIpc) is 2.70. The van der Waals surface area contributed by atoms with Gasteiger partial charge in [0.1, 0.15) is 0 Å². The van der Waals surface area contributed by atoms with Gasteiger partial charge in [0.15, 0.2) is 0 Å². The molecule has 4 heteroatoms. The van der Waals surface area contributed by atoms with Gasteiger partial charge in [0.2, 0.25) is 0 Å². The van der Waals surface area contributed by atoms with E-state index in [-0.39, 0.29) is 11.9 Å². The molecule has 0 amide bonds. The summed E-state index contributed by atoms with van der Waals surface area (Å²) in [6.07, 6.45) is 14.4. The van der Waals surface area contributed by atoms with Crippen LogP contribution in [0.1, 0.15) is 118 Å². The number of hydrogen-bond acceptors (Lipinski definition) is 4. The van der Waals surface area contributed by atoms with Gasteiger partial charge in [-0.15, -0.1) is 0 Å². The quantitative estimate of drug-likeness (QED) is 0.196. The topological polar surface area (TPSA) is 52.6 Å². The van der Waals surface area contributed by atoms with Crippen molar-refractivity contribution in [3.63, 3.8) is 0 Å². The minimum atomic E-state index is -0.0504. The Labute approximate surface area is 185 Å². The highest BCUT2D eigenvalue weighted by Gasteiger charge is 2.24. The highest BCUT2D eigenvalue weighted by Crippen LogP contribution is 2.29. The maximum Gasteiger partial charge on any atom is 0.305 e. The van der Waals surface area contributed by atoms with Gasteiger partial charge in [-0.1, -0.05) is 72.6 Å². The molecule has 0 bridgehead atoms. The zero-order valence-electron chi connectivity index (χ0n) is 20.3. The van der Waals surface area contributed by atoms with E-state index in [0.29, 0.717) is 37.9 Å². The predicted octanol–water partition coefficient (Wildman–Crippen LogP) is 7.09. The largest absolute Gasteiger partial charge is 0.465 e. The van der Waals surface area contributed by atoms with Crippen LogP contribution in [-0.2, 0) is 19.1 Å². The molecule has 1 saturated carbocycles. The van der Waals surface area contributed by atoms with E-state index < -0.39 is 0 Å². The van der Waals surface area contributed by atoms with Crippen molar-refractivity contribution < 1.29 is 19.1 Å². The Kier molecular flexibility index (Phi) is 14.9. The molecule has 0 radical (unpaired) electrons. The normalized spacial score (nSPS) is 19.3. The molecule has 0 aromatic carbocycles. The van der Waals surface area contributed by atoms with E-state index in [1.807, 2.05) is 0 Å². The summed E-state index contributed by atoms with van der Waals surface area (Å²) in [5.74, 6) is 2.22. The van der Waals surface area contributed by atoms with Gasteiger partial charge in [-0.3, -0.25) is 9.59 Å². The Morgan fingerprint density at radius 3 is 1.53 bits per heavy atom. The van der Waals surface area contributed by atoms with Crippen molar-refractivity contribution in [3.05, 3.63) is 0 Å². The molecule has 0 aromatic rings. The van der Waals surface area contributed by atoms with Crippen molar-refractivity contribution in [1.82, 2.24) is 0 Å². The van der Waals surface area contributed by atoms with Crippen LogP contribution in [0.25, 0.3) is 0 Å². The van der Waals surface area contributed by atoms with Crippen LogP contribution in [0.15, 0.2) is 0 Å². The lowest BCUT2D eigenvalue weighted by atomic mass is 9.82. The third-order valence-corrected chi connectivity index (χ3v) is 6.18. The summed E-state index contributed by atoms with van der Waals surface area (Å²) in [7, 11) is 0. The van der Waals surface area contributed by atoms with Gasteiger partial charge in [0.05, 0.1) is 13.2 Å². The second kappa shape index (κ2) is 16.6. The third kappa shape index (κ3) is 14.8. The van der Waals surface area contributed by atoms with Crippen molar-refractivity contribution in [3.8, 4) is 0 Å². The van der Waals surface area contributed by atoms with E-state index in [2.05, 4.69) is 27.7 Å². The molecule has 0 saturated heterocycles. The fraction of sp³-hybridized carbons (Fsp3) is 0.923. The standard InChI is InChI=1S/C26H48O4/c1-21(2)12-7-5-9-16-25(27)29-19-23-14-11-15-24(18-23)20-30-26(28)17-10-6-8-13-22(3)4/h21-24H,5-20H2,1-4H3. The summed E-state index contributed by atoms with van der Waals surface area (Å²) in [6.45, 7) is 10.0. The lowest BCUT2D eigenvalue weighted by molar-refractivity contribution is -0.146. The molecule has 2 atom stereocenters. The Morgan fingerprint density at radius 2 is 1.13 bits per heavy atom. The molecule has 30 heavy (non-hydrogen) atoms. The lowest BCUT2D eigenvalue weighted by Gasteiger charge is -2.28. The van der Waals surface area contributed by atoms with Crippen LogP contribution < -0.4 is 0 Å². The van der Waals surface area contributed by atoms with Crippen LogP contribution in [0, 0.1) is 23.7 Å². The maximum atomic E-state index is 12.0. The SMILES string of the molecule is CC(C)CCCCCC(=O)OCC1CCCC(COC(=O)CCCCCC(C)C)C1. The number of rotatable bonds is 16. The molecule has 4 nitrogen and oxygen atoms in total. The highest BCUT2D eigenvalue weighted by molar-refractivity contribution is 5.69. The minimum absolute atomic E-state index is 0.0504. The summed E-state index contributed by atoms with van der Waals surface area (Å²) in [5.41, 5.74) is 0. The molecule has 176 valence electrons. The highest BCUT2D eigenvalue weighted by atomic mass is 16.5. The van der Waals surface area contributed by atoms with E-state index in [4.69, 9.17) is 9.47 Å². The van der Waals surface area contributed by atoms with Crippen molar-refractivity contribution in [2.24, 2.45) is 23.7 Å². The molecule has 0 aromatic heterocycles. The molecule has 1 rings (SSSR count). The fourth-order valence-corrected chi connectivity index (χ4v) is 4.27. The smallest absolute Gasteiger partial charge is 0.305 e. The van der Waals surface area contributed by atoms with Gasteiger partial charge < -0.3 is 9.47 Å². The minimum Gasteiger partial charge on any atom is -0.465 e. The van der Waals surface area contributed by atoms with Gasteiger partial charge >= 0.3 is 11.9 Å². The van der Waals surface area contributed by atoms with Gasteiger partial charge in [0, 0.05) is 12.8 Å². The molecule has 2 unspecified atom stereocenters. The van der Waals surface area contributed by atoms with Crippen molar-refractivity contribution in [2.45, 2.75) is 118 Å². The van der Waals surface area contributed by atoms with Crippen molar-refractivity contribution in [1.29, 1.82) is 0 Å². The van der Waals surface area contributed by atoms with E-state index in [1.165, 1.54) is 25.7 Å². The molecule has 1 aliphatic carbocycles. The molecule has 0 heterocycles. The predicted molar refractivity (Wildman–Crippen MR) is 123 cm³/mol. The zero-order valence-corrected chi connectivity index (χ0v) is 20.3. The zero-order chi connectivity index (χ0) is 22.2. The molecule has 0 N–H and O–H groups in total. The molecule has 0 spiro atoms. The third-order valence-electron chi connectivity index (χ3n) is 6.18. The van der Waals surface area contributed by atoms with Crippen LogP contribution in [-0.4, -0.2) is 25.2 Å². The summed E-state index contributed by atoms with van der Waals surface area (Å²) >= 11 is 0. The Hall–Kier alpha value is -1.06. The fourth-order valence-electron chi connectivity index (χ4n) is 4.27. The summed E-state index contributed by atoms with van der Waals surface area (Å²) in [4.78, 5) is 23.9. The van der Waals surface area contributed by atoms with Gasteiger partial charge in [-0.2, -0.15) is 0 Å². The molecule has 1 fully saturated rings. The van der Waals surface area contributed by atoms with Crippen LogP contribution in [0.2, 0.25) is 0 Å². The number of esters is 2. The van der Waals surface area contributed by atoms with Crippen molar-refractivity contribution >= 4 is 11.9 Å². The number of unbranched alkanes of at least 4 members (excludes halogenated alkanes) is 4. The average molecular weight is 425 g/mol. The molecular weight excluding hydrogens is 376 g/mol. The maximum absolute atomic E-state index is 12.0. The van der Waals surface area contributed by atoms with Crippen molar-refractivity contribution in [2.75, 3.05) is 13.2 Å². The first kappa shape index (κ1) is 27.0. The van der Waals surface area contributed by atoms with Gasteiger partial charge in [-0.05, 0) is 55.8 Å². The van der Waals surface area contributed by atoms with E-state index >= 15 is 0 Å². The molecule has 0 aliphatic heterocycles. The van der Waals surface area contributed by atoms with Crippen LogP contribution >= 0.6 is 0 Å². The summed E-state index contributed by atoms with van der Waals surface area (Å²) in [5, 5.41) is 0. The number of hydrogen-bond donors (Lipinski definition) is 0. The lowest BCUT2D eigenvalue weighted by Crippen LogP contribution is -2.25. The van der Waals surface area contributed by atoms with E-state index in [1.54, 1.807) is 0 Å². The van der Waals surface area contributed by atoms with Crippen LogP contribution in [0.5, 0.6) is 0 Å².